The Hall–Kier alpha value is -1.13. The molecule has 0 aliphatic carbocycles. The fourth-order valence-electron chi connectivity index (χ4n) is 2.22. The molecule has 1 aromatic rings. The summed E-state index contributed by atoms with van der Waals surface area (Å²) in [4.78, 5) is 6.82. The zero-order valence-electron chi connectivity index (χ0n) is 12.2. The molecule has 2 heterocycles. The van der Waals surface area contributed by atoms with E-state index in [1.807, 2.05) is 0 Å². The van der Waals surface area contributed by atoms with Gasteiger partial charge in [0.25, 0.3) is 0 Å². The van der Waals surface area contributed by atoms with Crippen molar-refractivity contribution in [2.75, 3.05) is 27.3 Å². The number of ether oxygens (including phenoxy) is 2. The normalized spacial score (nSPS) is 16.8. The third-order valence-corrected chi connectivity index (χ3v) is 3.28. The molecule has 0 amide bonds. The first kappa shape index (κ1) is 14.3. The zero-order chi connectivity index (χ0) is 13.7. The van der Waals surface area contributed by atoms with Gasteiger partial charge in [0.1, 0.15) is 11.9 Å². The predicted molar refractivity (Wildman–Crippen MR) is 75.5 cm³/mol. The molecular weight excluding hydrogens is 240 g/mol. The van der Waals surface area contributed by atoms with Crippen molar-refractivity contribution in [3.8, 4) is 5.75 Å². The average molecular weight is 264 g/mol. The summed E-state index contributed by atoms with van der Waals surface area (Å²) in [5.74, 6) is 0.929. The quantitative estimate of drug-likeness (QED) is 0.817. The van der Waals surface area contributed by atoms with Gasteiger partial charge in [-0.1, -0.05) is 6.92 Å². The standard InChI is InChI=1S/C15H24N2O2/c1-4-12-5-6-15(14(16-12)11-17(2)3)19-13-7-9-18-10-8-13/h5-6,13H,4,7-11H2,1-3H3. The minimum atomic E-state index is 0.268. The molecule has 0 saturated carbocycles. The Balaban J connectivity index is 2.12. The predicted octanol–water partition coefficient (Wildman–Crippen LogP) is 2.26. The molecule has 1 aromatic heterocycles. The minimum absolute atomic E-state index is 0.268. The molecule has 1 aliphatic heterocycles. The Labute approximate surface area is 115 Å². The monoisotopic (exact) mass is 264 g/mol. The lowest BCUT2D eigenvalue weighted by molar-refractivity contribution is 0.0247. The van der Waals surface area contributed by atoms with Crippen LogP contribution in [-0.2, 0) is 17.7 Å². The summed E-state index contributed by atoms with van der Waals surface area (Å²) in [6.45, 7) is 4.54. The molecule has 1 fully saturated rings. The molecule has 0 aromatic carbocycles. The van der Waals surface area contributed by atoms with E-state index in [0.29, 0.717) is 0 Å². The maximum absolute atomic E-state index is 6.12. The summed E-state index contributed by atoms with van der Waals surface area (Å²) >= 11 is 0. The van der Waals surface area contributed by atoms with Crippen LogP contribution in [0.5, 0.6) is 5.75 Å². The van der Waals surface area contributed by atoms with E-state index in [1.54, 1.807) is 0 Å². The van der Waals surface area contributed by atoms with Crippen LogP contribution in [0.3, 0.4) is 0 Å². The Morgan fingerprint density at radius 2 is 2.05 bits per heavy atom. The van der Waals surface area contributed by atoms with Crippen LogP contribution in [0.25, 0.3) is 0 Å². The largest absolute Gasteiger partial charge is 0.488 e. The molecule has 0 N–H and O–H groups in total. The summed E-state index contributed by atoms with van der Waals surface area (Å²) in [6.07, 6.45) is 3.16. The van der Waals surface area contributed by atoms with Crippen molar-refractivity contribution in [3.63, 3.8) is 0 Å². The van der Waals surface area contributed by atoms with Crippen molar-refractivity contribution in [1.29, 1.82) is 0 Å². The summed E-state index contributed by atoms with van der Waals surface area (Å²) < 4.78 is 11.5. The maximum Gasteiger partial charge on any atom is 0.142 e. The van der Waals surface area contributed by atoms with Gasteiger partial charge in [0.15, 0.2) is 0 Å². The molecule has 4 heteroatoms. The highest BCUT2D eigenvalue weighted by molar-refractivity contribution is 5.30. The summed E-state index contributed by atoms with van der Waals surface area (Å²) in [5.41, 5.74) is 2.16. The molecular formula is C15H24N2O2. The van der Waals surface area contributed by atoms with E-state index >= 15 is 0 Å². The minimum Gasteiger partial charge on any atom is -0.488 e. The number of hydrogen-bond donors (Lipinski definition) is 0. The number of nitrogens with zero attached hydrogens (tertiary/aromatic N) is 2. The van der Waals surface area contributed by atoms with Crippen molar-refractivity contribution >= 4 is 0 Å². The Bertz CT molecular complexity index is 401. The van der Waals surface area contributed by atoms with Gasteiger partial charge in [0.2, 0.25) is 0 Å². The van der Waals surface area contributed by atoms with Crippen molar-refractivity contribution in [3.05, 3.63) is 23.5 Å². The summed E-state index contributed by atoms with van der Waals surface area (Å²) in [6, 6.07) is 4.13. The topological polar surface area (TPSA) is 34.6 Å². The molecule has 0 atom stereocenters. The fourth-order valence-corrected chi connectivity index (χ4v) is 2.22. The molecule has 4 nitrogen and oxygen atoms in total. The highest BCUT2D eigenvalue weighted by Gasteiger charge is 2.17. The lowest BCUT2D eigenvalue weighted by atomic mass is 10.1. The molecule has 0 unspecified atom stereocenters. The smallest absolute Gasteiger partial charge is 0.142 e. The molecule has 106 valence electrons. The van der Waals surface area contributed by atoms with Crippen LogP contribution < -0.4 is 4.74 Å². The van der Waals surface area contributed by atoms with Crippen LogP contribution in [0.4, 0.5) is 0 Å². The van der Waals surface area contributed by atoms with Crippen LogP contribution in [0.1, 0.15) is 31.2 Å². The number of aryl methyl sites for hydroxylation is 1. The first-order valence-electron chi connectivity index (χ1n) is 7.07. The van der Waals surface area contributed by atoms with Gasteiger partial charge in [-0.05, 0) is 32.6 Å². The second-order valence-electron chi connectivity index (χ2n) is 5.27. The fraction of sp³-hybridized carbons (Fsp3) is 0.667. The molecule has 0 bridgehead atoms. The Morgan fingerprint density at radius 3 is 2.68 bits per heavy atom. The van der Waals surface area contributed by atoms with E-state index in [0.717, 1.165) is 56.2 Å². The van der Waals surface area contributed by atoms with Gasteiger partial charge in [-0.2, -0.15) is 0 Å². The van der Waals surface area contributed by atoms with Crippen molar-refractivity contribution < 1.29 is 9.47 Å². The lowest BCUT2D eigenvalue weighted by Gasteiger charge is -2.25. The van der Waals surface area contributed by atoms with Crippen molar-refractivity contribution in [2.45, 2.75) is 38.8 Å². The first-order chi connectivity index (χ1) is 9.19. The molecule has 0 spiro atoms. The van der Waals surface area contributed by atoms with E-state index in [1.165, 1.54) is 0 Å². The van der Waals surface area contributed by atoms with Crippen LogP contribution in [0, 0.1) is 0 Å². The third kappa shape index (κ3) is 4.18. The number of pyridine rings is 1. The number of rotatable bonds is 5. The Morgan fingerprint density at radius 1 is 1.32 bits per heavy atom. The molecule has 1 aliphatic rings. The molecule has 0 radical (unpaired) electrons. The summed E-state index contributed by atoms with van der Waals surface area (Å²) in [5, 5.41) is 0. The van der Waals surface area contributed by atoms with Gasteiger partial charge in [0, 0.05) is 25.1 Å². The van der Waals surface area contributed by atoms with E-state index in [9.17, 15) is 0 Å². The van der Waals surface area contributed by atoms with Gasteiger partial charge in [-0.15, -0.1) is 0 Å². The SMILES string of the molecule is CCc1ccc(OC2CCOCC2)c(CN(C)C)n1. The molecule has 2 rings (SSSR count). The molecule has 19 heavy (non-hydrogen) atoms. The number of aromatic nitrogens is 1. The van der Waals surface area contributed by atoms with Crippen LogP contribution in [-0.4, -0.2) is 43.3 Å². The van der Waals surface area contributed by atoms with Crippen molar-refractivity contribution in [1.82, 2.24) is 9.88 Å². The van der Waals surface area contributed by atoms with Gasteiger partial charge >= 0.3 is 0 Å². The highest BCUT2D eigenvalue weighted by atomic mass is 16.5. The maximum atomic E-state index is 6.12. The van der Waals surface area contributed by atoms with Crippen LogP contribution in [0.15, 0.2) is 12.1 Å². The van der Waals surface area contributed by atoms with Crippen molar-refractivity contribution in [2.24, 2.45) is 0 Å². The second-order valence-corrected chi connectivity index (χ2v) is 5.27. The van der Waals surface area contributed by atoms with Gasteiger partial charge < -0.3 is 14.4 Å². The van der Waals surface area contributed by atoms with E-state index < -0.39 is 0 Å². The average Bonchev–Trinajstić information content (AvgIpc) is 2.41. The zero-order valence-corrected chi connectivity index (χ0v) is 12.2. The summed E-state index contributed by atoms with van der Waals surface area (Å²) in [7, 11) is 4.11. The third-order valence-electron chi connectivity index (χ3n) is 3.28. The number of hydrogen-bond acceptors (Lipinski definition) is 4. The van der Waals surface area contributed by atoms with E-state index in [2.05, 4.69) is 38.1 Å². The lowest BCUT2D eigenvalue weighted by Crippen LogP contribution is -2.27. The highest BCUT2D eigenvalue weighted by Crippen LogP contribution is 2.23. The van der Waals surface area contributed by atoms with Gasteiger partial charge in [-0.3, -0.25) is 4.98 Å². The molecule has 1 saturated heterocycles. The Kier molecular flexibility index (Phi) is 5.16. The van der Waals surface area contributed by atoms with E-state index in [-0.39, 0.29) is 6.10 Å². The van der Waals surface area contributed by atoms with Crippen LogP contribution >= 0.6 is 0 Å². The second kappa shape index (κ2) is 6.87. The van der Waals surface area contributed by atoms with E-state index in [4.69, 9.17) is 14.5 Å². The van der Waals surface area contributed by atoms with Gasteiger partial charge in [-0.25, -0.2) is 0 Å². The van der Waals surface area contributed by atoms with Gasteiger partial charge in [0.05, 0.1) is 18.9 Å². The van der Waals surface area contributed by atoms with Crippen LogP contribution in [0.2, 0.25) is 0 Å². The first-order valence-corrected chi connectivity index (χ1v) is 7.07.